The Balaban J connectivity index is 4.05. The molecular weight excluding hydrogens is 416 g/mol. The van der Waals surface area contributed by atoms with Gasteiger partial charge in [-0.3, -0.25) is 4.52 Å². The fraction of sp³-hybridized carbons (Fsp3) is 0.684. The van der Waals surface area contributed by atoms with Crippen LogP contribution in [0, 0.1) is 0 Å². The van der Waals surface area contributed by atoms with E-state index in [1.54, 1.807) is 0 Å². The van der Waals surface area contributed by atoms with Gasteiger partial charge in [-0.2, -0.15) is 4.31 Å². The zero-order chi connectivity index (χ0) is 22.5. The molecule has 0 heterocycles. The first-order valence-electron chi connectivity index (χ1n) is 9.81. The van der Waals surface area contributed by atoms with Crippen LogP contribution in [0.2, 0.25) is 0 Å². The standard InChI is InChI=1S/C19H37NO7P2/c1-17(2)9-6-10-18(3)11-7-12-19(4)13-8-14-20(5)15-16-26-29(24,25)27-28(21,22)23/h9,11,13H,6-8,10,12,14-16H2,1-5H3,(H,24,25)(H2,21,22,23)/p+1/b18-11+,19-13+. The van der Waals surface area contributed by atoms with Crippen molar-refractivity contribution in [2.24, 2.45) is 0 Å². The lowest BCUT2D eigenvalue weighted by Gasteiger charge is -2.15. The van der Waals surface area contributed by atoms with E-state index in [-0.39, 0.29) is 6.61 Å². The third-order valence-electron chi connectivity index (χ3n) is 4.18. The molecule has 0 aromatic heterocycles. The molecule has 0 aromatic rings. The van der Waals surface area contributed by atoms with E-state index in [1.165, 1.54) is 16.7 Å². The number of phosphoric ester groups is 1. The van der Waals surface area contributed by atoms with Crippen LogP contribution < -0.4 is 4.90 Å². The zero-order valence-electron chi connectivity index (χ0n) is 18.3. The molecule has 0 aliphatic rings. The molecule has 0 saturated heterocycles. The second-order valence-electron chi connectivity index (χ2n) is 7.58. The topological polar surface area (TPSA) is 118 Å². The Kier molecular flexibility index (Phi) is 14.2. The Bertz CT molecular complexity index is 663. The molecule has 0 rings (SSSR count). The van der Waals surface area contributed by atoms with Crippen LogP contribution in [0.1, 0.15) is 59.8 Å². The van der Waals surface area contributed by atoms with Gasteiger partial charge in [0.15, 0.2) is 0 Å². The highest BCUT2D eigenvalue weighted by Gasteiger charge is 2.32. The molecule has 0 aromatic carbocycles. The van der Waals surface area contributed by atoms with Gasteiger partial charge < -0.3 is 19.6 Å². The predicted octanol–water partition coefficient (Wildman–Crippen LogP) is 3.54. The van der Waals surface area contributed by atoms with Gasteiger partial charge in [0.25, 0.3) is 0 Å². The smallest absolute Gasteiger partial charge is 0.335 e. The maximum absolute atomic E-state index is 11.3. The van der Waals surface area contributed by atoms with Gasteiger partial charge in [0.1, 0.15) is 13.2 Å². The molecule has 2 atom stereocenters. The van der Waals surface area contributed by atoms with Crippen molar-refractivity contribution in [2.75, 3.05) is 26.7 Å². The molecule has 0 radical (unpaired) electrons. The van der Waals surface area contributed by atoms with Crippen molar-refractivity contribution >= 4 is 15.6 Å². The van der Waals surface area contributed by atoms with Crippen LogP contribution in [0.3, 0.4) is 0 Å². The molecule has 0 saturated carbocycles. The third kappa shape index (κ3) is 19.2. The molecule has 0 aliphatic heterocycles. The first kappa shape index (κ1) is 28.4. The van der Waals surface area contributed by atoms with Crippen molar-refractivity contribution in [2.45, 2.75) is 59.8 Å². The molecular formula is C19H38NO7P2+. The summed E-state index contributed by atoms with van der Waals surface area (Å²) in [5.41, 5.74) is 4.11. The SMILES string of the molecule is CC(C)=CCC/C(C)=C/CC/C(C)=C/CC[NH+](C)CCOP(=O)(O)OP(=O)(O)O. The lowest BCUT2D eigenvalue weighted by Crippen LogP contribution is -3.09. The van der Waals surface area contributed by atoms with Crippen molar-refractivity contribution in [1.29, 1.82) is 0 Å². The van der Waals surface area contributed by atoms with Crippen molar-refractivity contribution in [3.8, 4) is 0 Å². The number of quaternary nitrogens is 1. The summed E-state index contributed by atoms with van der Waals surface area (Å²) in [5.74, 6) is 0. The summed E-state index contributed by atoms with van der Waals surface area (Å²) < 4.78 is 30.2. The van der Waals surface area contributed by atoms with Gasteiger partial charge in [-0.05, 0) is 53.4 Å². The van der Waals surface area contributed by atoms with Gasteiger partial charge in [-0.15, -0.1) is 0 Å². The normalized spacial score (nSPS) is 16.4. The lowest BCUT2D eigenvalue weighted by atomic mass is 10.1. The van der Waals surface area contributed by atoms with E-state index in [0.29, 0.717) is 6.54 Å². The van der Waals surface area contributed by atoms with Crippen LogP contribution >= 0.6 is 15.6 Å². The molecule has 29 heavy (non-hydrogen) atoms. The van der Waals surface area contributed by atoms with Gasteiger partial charge in [0.05, 0.1) is 13.6 Å². The highest BCUT2D eigenvalue weighted by molar-refractivity contribution is 7.60. The second-order valence-corrected chi connectivity index (χ2v) is 10.4. The number of rotatable bonds is 15. The Labute approximate surface area is 175 Å². The molecule has 2 unspecified atom stereocenters. The molecule has 0 aliphatic carbocycles. The average Bonchev–Trinajstić information content (AvgIpc) is 2.51. The van der Waals surface area contributed by atoms with Crippen LogP contribution in [0.5, 0.6) is 0 Å². The van der Waals surface area contributed by atoms with Crippen LogP contribution in [0.25, 0.3) is 0 Å². The summed E-state index contributed by atoms with van der Waals surface area (Å²) in [6.07, 6.45) is 11.9. The Hall–Kier alpha value is -0.560. The molecule has 0 fully saturated rings. The number of nitrogens with one attached hydrogen (secondary N) is 1. The minimum absolute atomic E-state index is 0.140. The summed E-state index contributed by atoms with van der Waals surface area (Å²) in [5, 5.41) is 0. The molecule has 0 amide bonds. The van der Waals surface area contributed by atoms with Crippen molar-refractivity contribution in [3.05, 3.63) is 34.9 Å². The summed E-state index contributed by atoms with van der Waals surface area (Å²) in [6, 6.07) is 0. The summed E-state index contributed by atoms with van der Waals surface area (Å²) >= 11 is 0. The van der Waals surface area contributed by atoms with Gasteiger partial charge in [0, 0.05) is 6.42 Å². The van der Waals surface area contributed by atoms with E-state index < -0.39 is 15.6 Å². The predicted molar refractivity (Wildman–Crippen MR) is 116 cm³/mol. The molecule has 4 N–H and O–H groups in total. The summed E-state index contributed by atoms with van der Waals surface area (Å²) in [4.78, 5) is 27.3. The van der Waals surface area contributed by atoms with E-state index in [0.717, 1.165) is 43.5 Å². The fourth-order valence-electron chi connectivity index (χ4n) is 2.52. The molecule has 0 bridgehead atoms. The minimum Gasteiger partial charge on any atom is -0.335 e. The average molecular weight is 454 g/mol. The highest BCUT2D eigenvalue weighted by atomic mass is 31.3. The van der Waals surface area contributed by atoms with E-state index in [1.807, 2.05) is 7.05 Å². The molecule has 10 heteroatoms. The summed E-state index contributed by atoms with van der Waals surface area (Å²) in [7, 11) is -7.89. The molecule has 170 valence electrons. The van der Waals surface area contributed by atoms with E-state index >= 15 is 0 Å². The van der Waals surface area contributed by atoms with Crippen LogP contribution in [-0.2, 0) is 18.0 Å². The van der Waals surface area contributed by atoms with Gasteiger partial charge >= 0.3 is 15.6 Å². The Morgan fingerprint density at radius 2 is 1.38 bits per heavy atom. The zero-order valence-corrected chi connectivity index (χ0v) is 20.0. The van der Waals surface area contributed by atoms with Crippen LogP contribution in [-0.4, -0.2) is 41.4 Å². The molecule has 8 nitrogen and oxygen atoms in total. The van der Waals surface area contributed by atoms with Crippen molar-refractivity contribution in [1.82, 2.24) is 0 Å². The summed E-state index contributed by atoms with van der Waals surface area (Å²) in [6.45, 7) is 9.61. The maximum Gasteiger partial charge on any atom is 0.481 e. The Morgan fingerprint density at radius 3 is 1.90 bits per heavy atom. The van der Waals surface area contributed by atoms with Crippen molar-refractivity contribution < 1.29 is 37.5 Å². The number of allylic oxidation sites excluding steroid dienone is 5. The van der Waals surface area contributed by atoms with Crippen LogP contribution in [0.4, 0.5) is 0 Å². The van der Waals surface area contributed by atoms with Gasteiger partial charge in [-0.25, -0.2) is 9.13 Å². The Morgan fingerprint density at radius 1 is 0.862 bits per heavy atom. The first-order valence-corrected chi connectivity index (χ1v) is 12.8. The highest BCUT2D eigenvalue weighted by Crippen LogP contribution is 2.57. The lowest BCUT2D eigenvalue weighted by molar-refractivity contribution is -0.879. The number of likely N-dealkylation sites (N-methyl/N-ethyl adjacent to an activating group) is 1. The van der Waals surface area contributed by atoms with E-state index in [9.17, 15) is 14.0 Å². The third-order valence-corrected chi connectivity index (χ3v) is 6.36. The van der Waals surface area contributed by atoms with E-state index in [4.69, 9.17) is 9.79 Å². The largest absolute Gasteiger partial charge is 0.481 e. The molecule has 0 spiro atoms. The maximum atomic E-state index is 11.3. The number of hydrogen-bond acceptors (Lipinski definition) is 4. The van der Waals surface area contributed by atoms with Gasteiger partial charge in [-0.1, -0.05) is 34.9 Å². The fourth-order valence-corrected chi connectivity index (χ4v) is 4.11. The monoisotopic (exact) mass is 454 g/mol. The number of phosphoric acid groups is 2. The van der Waals surface area contributed by atoms with E-state index in [2.05, 4.69) is 54.8 Å². The van der Waals surface area contributed by atoms with Crippen molar-refractivity contribution in [3.63, 3.8) is 0 Å². The first-order chi connectivity index (χ1) is 13.3. The second kappa shape index (κ2) is 14.4. The minimum atomic E-state index is -5.06. The van der Waals surface area contributed by atoms with Gasteiger partial charge in [0.2, 0.25) is 0 Å². The quantitative estimate of drug-likeness (QED) is 0.221. The number of hydrogen-bond donors (Lipinski definition) is 4. The van der Waals surface area contributed by atoms with Crippen LogP contribution in [0.15, 0.2) is 34.9 Å².